The van der Waals surface area contributed by atoms with Crippen LogP contribution in [0.4, 0.5) is 4.39 Å². The van der Waals surface area contributed by atoms with Gasteiger partial charge in [0.1, 0.15) is 12.1 Å². The van der Waals surface area contributed by atoms with Gasteiger partial charge in [0.25, 0.3) is 0 Å². The number of carboxylic acid groups (broad SMARTS) is 1. The van der Waals surface area contributed by atoms with E-state index in [4.69, 9.17) is 5.11 Å². The smallest absolute Gasteiger partial charge is 0.303 e. The van der Waals surface area contributed by atoms with Crippen molar-refractivity contribution in [2.24, 2.45) is 0 Å². The van der Waals surface area contributed by atoms with Gasteiger partial charge in [0.05, 0.1) is 0 Å². The molecule has 1 N–H and O–H groups in total. The van der Waals surface area contributed by atoms with Crippen molar-refractivity contribution in [2.75, 3.05) is 0 Å². The molecule has 0 saturated heterocycles. The summed E-state index contributed by atoms with van der Waals surface area (Å²) >= 11 is 0. The molecule has 4 heteroatoms. The van der Waals surface area contributed by atoms with Crippen LogP contribution in [0.3, 0.4) is 0 Å². The number of rotatable bonds is 6. The summed E-state index contributed by atoms with van der Waals surface area (Å²) in [4.78, 5) is 20.4. The number of carboxylic acids is 1. The van der Waals surface area contributed by atoms with Crippen molar-refractivity contribution in [3.8, 4) is 0 Å². The van der Waals surface area contributed by atoms with Gasteiger partial charge < -0.3 is 9.90 Å². The highest BCUT2D eigenvalue weighted by molar-refractivity contribution is 5.67. The van der Waals surface area contributed by atoms with Gasteiger partial charge in [0.2, 0.25) is 0 Å². The molecule has 0 spiro atoms. The van der Waals surface area contributed by atoms with E-state index >= 15 is 0 Å². The molecule has 17 heavy (non-hydrogen) atoms. The first-order chi connectivity index (χ1) is 8.13. The largest absolute Gasteiger partial charge is 0.481 e. The van der Waals surface area contributed by atoms with Gasteiger partial charge in [-0.05, 0) is 23.6 Å². The first-order valence-electron chi connectivity index (χ1n) is 5.24. The zero-order valence-corrected chi connectivity index (χ0v) is 9.23. The molecule has 0 saturated carbocycles. The number of halogens is 1. The Bertz CT molecular complexity index is 438. The number of benzene rings is 1. The average molecular weight is 236 g/mol. The molecule has 0 aromatic heterocycles. The molecule has 1 aromatic rings. The van der Waals surface area contributed by atoms with E-state index in [0.717, 1.165) is 6.29 Å². The average Bonchev–Trinajstić information content (AvgIpc) is 2.28. The molecule has 90 valence electrons. The molecule has 0 fully saturated rings. The molecular weight excluding hydrogens is 223 g/mol. The molecule has 0 heterocycles. The summed E-state index contributed by atoms with van der Waals surface area (Å²) in [5.41, 5.74) is 1.04. The minimum absolute atomic E-state index is 0.0861. The van der Waals surface area contributed by atoms with Crippen LogP contribution in [0.2, 0.25) is 0 Å². The fourth-order valence-electron chi connectivity index (χ4n) is 1.37. The van der Waals surface area contributed by atoms with Crippen LogP contribution in [0.15, 0.2) is 24.3 Å². The summed E-state index contributed by atoms with van der Waals surface area (Å²) in [6.07, 6.45) is 4.43. The zero-order valence-electron chi connectivity index (χ0n) is 9.23. The number of carbonyl (C=O) groups excluding carboxylic acids is 1. The van der Waals surface area contributed by atoms with Gasteiger partial charge in [-0.2, -0.15) is 0 Å². The van der Waals surface area contributed by atoms with E-state index in [1.165, 1.54) is 6.07 Å². The van der Waals surface area contributed by atoms with Crippen molar-refractivity contribution >= 4 is 18.3 Å². The number of aldehydes is 1. The van der Waals surface area contributed by atoms with E-state index in [1.807, 2.05) is 0 Å². The second kappa shape index (κ2) is 6.58. The molecule has 0 atom stereocenters. The molecule has 0 bridgehead atoms. The lowest BCUT2D eigenvalue weighted by atomic mass is 10.1. The SMILES string of the molecule is O=CCC=Cc1ccc(CCC(=O)O)c(F)c1. The van der Waals surface area contributed by atoms with E-state index in [-0.39, 0.29) is 12.8 Å². The van der Waals surface area contributed by atoms with Crippen LogP contribution in [0, 0.1) is 5.82 Å². The van der Waals surface area contributed by atoms with Crippen molar-refractivity contribution in [3.05, 3.63) is 41.2 Å². The molecule has 0 unspecified atom stereocenters. The number of carbonyl (C=O) groups is 2. The van der Waals surface area contributed by atoms with Crippen LogP contribution in [0.1, 0.15) is 24.0 Å². The summed E-state index contributed by atoms with van der Waals surface area (Å²) in [5, 5.41) is 8.50. The molecule has 0 aliphatic carbocycles. The molecule has 0 aliphatic heterocycles. The van der Waals surface area contributed by atoms with E-state index < -0.39 is 11.8 Å². The highest BCUT2D eigenvalue weighted by Crippen LogP contribution is 2.13. The van der Waals surface area contributed by atoms with Gasteiger partial charge in [-0.3, -0.25) is 4.79 Å². The Morgan fingerprint density at radius 2 is 2.18 bits per heavy atom. The summed E-state index contributed by atoms with van der Waals surface area (Å²) in [6.45, 7) is 0. The van der Waals surface area contributed by atoms with Gasteiger partial charge in [-0.15, -0.1) is 0 Å². The Morgan fingerprint density at radius 3 is 2.76 bits per heavy atom. The van der Waals surface area contributed by atoms with E-state index in [2.05, 4.69) is 0 Å². The van der Waals surface area contributed by atoms with Crippen LogP contribution in [-0.2, 0) is 16.0 Å². The van der Waals surface area contributed by atoms with Crippen molar-refractivity contribution < 1.29 is 19.1 Å². The summed E-state index contributed by atoms with van der Waals surface area (Å²) < 4.78 is 13.5. The van der Waals surface area contributed by atoms with Crippen LogP contribution in [0.25, 0.3) is 6.08 Å². The standard InChI is InChI=1S/C13H13FO3/c14-12-9-10(3-1-2-8-15)4-5-11(12)6-7-13(16)17/h1,3-5,8-9H,2,6-7H2,(H,16,17). The third-order valence-corrected chi connectivity index (χ3v) is 2.23. The minimum atomic E-state index is -0.945. The molecule has 0 radical (unpaired) electrons. The van der Waals surface area contributed by atoms with Crippen LogP contribution < -0.4 is 0 Å². The fourth-order valence-corrected chi connectivity index (χ4v) is 1.37. The topological polar surface area (TPSA) is 54.4 Å². The predicted molar refractivity (Wildman–Crippen MR) is 62.1 cm³/mol. The number of hydrogen-bond acceptors (Lipinski definition) is 2. The van der Waals surface area contributed by atoms with E-state index in [9.17, 15) is 14.0 Å². The Morgan fingerprint density at radius 1 is 1.41 bits per heavy atom. The molecule has 0 aliphatic rings. The van der Waals surface area contributed by atoms with E-state index in [1.54, 1.807) is 24.3 Å². The number of aryl methyl sites for hydroxylation is 1. The van der Waals surface area contributed by atoms with Crippen molar-refractivity contribution in [3.63, 3.8) is 0 Å². The first-order valence-corrected chi connectivity index (χ1v) is 5.24. The molecular formula is C13H13FO3. The molecule has 1 rings (SSSR count). The fraction of sp³-hybridized carbons (Fsp3) is 0.231. The Labute approximate surface area is 98.6 Å². The quantitative estimate of drug-likeness (QED) is 0.772. The zero-order chi connectivity index (χ0) is 12.7. The third kappa shape index (κ3) is 4.59. The van der Waals surface area contributed by atoms with Gasteiger partial charge in [0.15, 0.2) is 0 Å². The van der Waals surface area contributed by atoms with Crippen molar-refractivity contribution in [1.29, 1.82) is 0 Å². The summed E-state index contributed by atoms with van der Waals surface area (Å²) in [5.74, 6) is -1.36. The number of allylic oxidation sites excluding steroid dienone is 1. The monoisotopic (exact) mass is 236 g/mol. The Balaban J connectivity index is 2.71. The molecule has 0 amide bonds. The summed E-state index contributed by atoms with van der Waals surface area (Å²) in [6, 6.07) is 4.60. The Kier molecular flexibility index (Phi) is 5.07. The van der Waals surface area contributed by atoms with Crippen LogP contribution in [0.5, 0.6) is 0 Å². The second-order valence-electron chi connectivity index (χ2n) is 3.55. The van der Waals surface area contributed by atoms with Gasteiger partial charge >= 0.3 is 5.97 Å². The van der Waals surface area contributed by atoms with E-state index in [0.29, 0.717) is 17.5 Å². The maximum absolute atomic E-state index is 13.5. The maximum atomic E-state index is 13.5. The maximum Gasteiger partial charge on any atom is 0.303 e. The Hall–Kier alpha value is -1.97. The number of hydrogen-bond donors (Lipinski definition) is 1. The van der Waals surface area contributed by atoms with Crippen LogP contribution in [-0.4, -0.2) is 17.4 Å². The van der Waals surface area contributed by atoms with Gasteiger partial charge in [0, 0.05) is 12.8 Å². The second-order valence-corrected chi connectivity index (χ2v) is 3.55. The lowest BCUT2D eigenvalue weighted by Gasteiger charge is -2.02. The molecule has 3 nitrogen and oxygen atoms in total. The lowest BCUT2D eigenvalue weighted by Crippen LogP contribution is -1.99. The van der Waals surface area contributed by atoms with Crippen molar-refractivity contribution in [1.82, 2.24) is 0 Å². The number of aliphatic carboxylic acids is 1. The van der Waals surface area contributed by atoms with Crippen LogP contribution >= 0.6 is 0 Å². The third-order valence-electron chi connectivity index (χ3n) is 2.23. The molecule has 1 aromatic carbocycles. The minimum Gasteiger partial charge on any atom is -0.481 e. The summed E-state index contributed by atoms with van der Waals surface area (Å²) in [7, 11) is 0. The van der Waals surface area contributed by atoms with Gasteiger partial charge in [-0.1, -0.05) is 24.3 Å². The predicted octanol–water partition coefficient (Wildman–Crippen LogP) is 2.45. The van der Waals surface area contributed by atoms with Gasteiger partial charge in [-0.25, -0.2) is 4.39 Å². The lowest BCUT2D eigenvalue weighted by molar-refractivity contribution is -0.137. The normalized spacial score (nSPS) is 10.6. The highest BCUT2D eigenvalue weighted by atomic mass is 19.1. The first kappa shape index (κ1) is 13.1. The van der Waals surface area contributed by atoms with Crippen molar-refractivity contribution in [2.45, 2.75) is 19.3 Å². The highest BCUT2D eigenvalue weighted by Gasteiger charge is 2.05.